The van der Waals surface area contributed by atoms with Crippen LogP contribution in [0.15, 0.2) is 24.3 Å². The highest BCUT2D eigenvalue weighted by atomic mass is 16.5. The molecule has 0 aliphatic heterocycles. The maximum Gasteiger partial charge on any atom is 0.328 e. The van der Waals surface area contributed by atoms with Gasteiger partial charge in [-0.25, -0.2) is 4.79 Å². The topological polar surface area (TPSA) is 92.7 Å². The van der Waals surface area contributed by atoms with E-state index < -0.39 is 23.8 Å². The standard InChI is InChI=1S/C26H41NO5/c1-4-6-8-10-12-14-24(29)22(13-11-9-7-5-2)25(30)27-23(26(31)32-3)19-20-15-17-21(28)18-16-20/h15-18,22-23,28H,4-14,19H2,1-3H3,(H,27,30). The molecule has 1 aromatic carbocycles. The van der Waals surface area contributed by atoms with Crippen LogP contribution in [0.25, 0.3) is 0 Å². The van der Waals surface area contributed by atoms with Crippen LogP contribution >= 0.6 is 0 Å². The Balaban J connectivity index is 2.81. The molecule has 0 radical (unpaired) electrons. The van der Waals surface area contributed by atoms with E-state index in [0.717, 1.165) is 63.4 Å². The molecule has 0 bridgehead atoms. The average molecular weight is 448 g/mol. The van der Waals surface area contributed by atoms with Crippen LogP contribution in [-0.4, -0.2) is 35.9 Å². The van der Waals surface area contributed by atoms with Crippen molar-refractivity contribution in [1.82, 2.24) is 5.32 Å². The highest BCUT2D eigenvalue weighted by Crippen LogP contribution is 2.18. The zero-order valence-corrected chi connectivity index (χ0v) is 20.0. The number of esters is 1. The van der Waals surface area contributed by atoms with E-state index in [9.17, 15) is 19.5 Å². The second-order valence-corrected chi connectivity index (χ2v) is 8.49. The fourth-order valence-corrected chi connectivity index (χ4v) is 3.77. The van der Waals surface area contributed by atoms with E-state index in [1.165, 1.54) is 19.2 Å². The summed E-state index contributed by atoms with van der Waals surface area (Å²) in [7, 11) is 1.28. The summed E-state index contributed by atoms with van der Waals surface area (Å²) >= 11 is 0. The van der Waals surface area contributed by atoms with Gasteiger partial charge in [-0.3, -0.25) is 9.59 Å². The number of carbonyl (C=O) groups excluding carboxylic acids is 3. The Hall–Kier alpha value is -2.37. The number of hydrogen-bond donors (Lipinski definition) is 2. The molecular formula is C26H41NO5. The fraction of sp³-hybridized carbons (Fsp3) is 0.654. The minimum atomic E-state index is -0.882. The molecule has 6 heteroatoms. The summed E-state index contributed by atoms with van der Waals surface area (Å²) in [6, 6.07) is 5.57. The van der Waals surface area contributed by atoms with Crippen molar-refractivity contribution in [1.29, 1.82) is 0 Å². The second-order valence-electron chi connectivity index (χ2n) is 8.49. The summed E-state index contributed by atoms with van der Waals surface area (Å²) in [5.74, 6) is -1.59. The molecule has 2 N–H and O–H groups in total. The highest BCUT2D eigenvalue weighted by molar-refractivity contribution is 6.02. The molecule has 32 heavy (non-hydrogen) atoms. The number of nitrogens with one attached hydrogen (secondary N) is 1. The summed E-state index contributed by atoms with van der Waals surface area (Å²) in [5, 5.41) is 12.2. The van der Waals surface area contributed by atoms with Crippen molar-refractivity contribution in [2.24, 2.45) is 5.92 Å². The molecule has 1 rings (SSSR count). The van der Waals surface area contributed by atoms with E-state index in [0.29, 0.717) is 12.8 Å². The van der Waals surface area contributed by atoms with Crippen LogP contribution in [-0.2, 0) is 25.5 Å². The van der Waals surface area contributed by atoms with Gasteiger partial charge in [0.15, 0.2) is 0 Å². The minimum Gasteiger partial charge on any atom is -0.508 e. The van der Waals surface area contributed by atoms with Gasteiger partial charge in [0.05, 0.1) is 13.0 Å². The normalized spacial score (nSPS) is 12.7. The lowest BCUT2D eigenvalue weighted by molar-refractivity contribution is -0.146. The van der Waals surface area contributed by atoms with E-state index in [-0.39, 0.29) is 18.0 Å². The van der Waals surface area contributed by atoms with Crippen molar-refractivity contribution in [3.63, 3.8) is 0 Å². The fourth-order valence-electron chi connectivity index (χ4n) is 3.77. The molecule has 1 aromatic rings. The third-order valence-electron chi connectivity index (χ3n) is 5.76. The molecule has 1 amide bonds. The Bertz CT molecular complexity index is 686. The lowest BCUT2D eigenvalue weighted by Crippen LogP contribution is -2.47. The molecule has 0 aliphatic rings. The lowest BCUT2D eigenvalue weighted by atomic mass is 9.91. The number of amides is 1. The van der Waals surface area contributed by atoms with Gasteiger partial charge in [0.2, 0.25) is 5.91 Å². The molecule has 0 heterocycles. The number of unbranched alkanes of at least 4 members (excludes halogenated alkanes) is 7. The largest absolute Gasteiger partial charge is 0.508 e. The van der Waals surface area contributed by atoms with Crippen molar-refractivity contribution < 1.29 is 24.2 Å². The van der Waals surface area contributed by atoms with E-state index in [4.69, 9.17) is 4.74 Å². The van der Waals surface area contributed by atoms with Crippen LogP contribution < -0.4 is 5.32 Å². The molecular weight excluding hydrogens is 406 g/mol. The first-order valence-corrected chi connectivity index (χ1v) is 12.1. The SMILES string of the molecule is CCCCCCCC(=O)C(CCCCCC)C(=O)NC(Cc1ccc(O)cc1)C(=O)OC. The summed E-state index contributed by atoms with van der Waals surface area (Å²) in [6.45, 7) is 4.27. The van der Waals surface area contributed by atoms with Crippen LogP contribution in [0.2, 0.25) is 0 Å². The smallest absolute Gasteiger partial charge is 0.328 e. The quantitative estimate of drug-likeness (QED) is 0.197. The molecule has 2 unspecified atom stereocenters. The van der Waals surface area contributed by atoms with Crippen LogP contribution in [0, 0.1) is 5.92 Å². The van der Waals surface area contributed by atoms with Gasteiger partial charge < -0.3 is 15.2 Å². The van der Waals surface area contributed by atoms with Gasteiger partial charge in [0.25, 0.3) is 0 Å². The van der Waals surface area contributed by atoms with Gasteiger partial charge in [0.1, 0.15) is 17.6 Å². The molecule has 2 atom stereocenters. The number of hydrogen-bond acceptors (Lipinski definition) is 5. The molecule has 0 fully saturated rings. The Morgan fingerprint density at radius 1 is 0.906 bits per heavy atom. The molecule has 180 valence electrons. The first-order valence-electron chi connectivity index (χ1n) is 12.1. The number of Topliss-reactive ketones (excluding diaryl/α,β-unsaturated/α-hetero) is 1. The Morgan fingerprint density at radius 2 is 1.50 bits per heavy atom. The van der Waals surface area contributed by atoms with Crippen molar-refractivity contribution in [3.05, 3.63) is 29.8 Å². The number of methoxy groups -OCH3 is 1. The first kappa shape index (κ1) is 27.7. The number of phenols is 1. The van der Waals surface area contributed by atoms with Crippen molar-refractivity contribution in [2.45, 2.75) is 96.9 Å². The van der Waals surface area contributed by atoms with Gasteiger partial charge in [-0.05, 0) is 30.5 Å². The maximum absolute atomic E-state index is 13.1. The lowest BCUT2D eigenvalue weighted by Gasteiger charge is -2.21. The Kier molecular flexibility index (Phi) is 14.1. The molecule has 0 aliphatic carbocycles. The first-order chi connectivity index (χ1) is 15.4. The summed E-state index contributed by atoms with van der Waals surface area (Å²) < 4.78 is 4.88. The van der Waals surface area contributed by atoms with E-state index in [2.05, 4.69) is 19.2 Å². The zero-order chi connectivity index (χ0) is 23.8. The Morgan fingerprint density at radius 3 is 2.09 bits per heavy atom. The molecule has 0 spiro atoms. The highest BCUT2D eigenvalue weighted by Gasteiger charge is 2.30. The van der Waals surface area contributed by atoms with E-state index in [1.807, 2.05) is 0 Å². The number of benzene rings is 1. The zero-order valence-electron chi connectivity index (χ0n) is 20.0. The number of ketones is 1. The number of phenolic OH excluding ortho intramolecular Hbond substituents is 1. The Labute approximate surface area is 193 Å². The molecule has 0 aromatic heterocycles. The van der Waals surface area contributed by atoms with Crippen LogP contribution in [0.3, 0.4) is 0 Å². The number of rotatable bonds is 17. The van der Waals surface area contributed by atoms with Crippen molar-refractivity contribution >= 4 is 17.7 Å². The van der Waals surface area contributed by atoms with Gasteiger partial charge in [0, 0.05) is 12.8 Å². The van der Waals surface area contributed by atoms with E-state index >= 15 is 0 Å². The predicted molar refractivity (Wildman–Crippen MR) is 126 cm³/mol. The summed E-state index contributed by atoms with van der Waals surface area (Å²) in [4.78, 5) is 38.3. The predicted octanol–water partition coefficient (Wildman–Crippen LogP) is 5.11. The summed E-state index contributed by atoms with van der Waals surface area (Å²) in [5.41, 5.74) is 0.778. The minimum absolute atomic E-state index is 0.0382. The van der Waals surface area contributed by atoms with Crippen molar-refractivity contribution in [3.8, 4) is 5.75 Å². The molecule has 0 saturated heterocycles. The van der Waals surface area contributed by atoms with Gasteiger partial charge >= 0.3 is 5.97 Å². The maximum atomic E-state index is 13.1. The van der Waals surface area contributed by atoms with E-state index in [1.54, 1.807) is 12.1 Å². The van der Waals surface area contributed by atoms with Gasteiger partial charge in [-0.1, -0.05) is 77.3 Å². The van der Waals surface area contributed by atoms with Crippen LogP contribution in [0.5, 0.6) is 5.75 Å². The average Bonchev–Trinajstić information content (AvgIpc) is 2.79. The summed E-state index contributed by atoms with van der Waals surface area (Å²) in [6.07, 6.45) is 10.3. The van der Waals surface area contributed by atoms with Crippen molar-refractivity contribution in [2.75, 3.05) is 7.11 Å². The molecule has 6 nitrogen and oxygen atoms in total. The third-order valence-corrected chi connectivity index (χ3v) is 5.76. The monoisotopic (exact) mass is 447 g/mol. The van der Waals surface area contributed by atoms with Crippen LogP contribution in [0.1, 0.15) is 90.0 Å². The number of aromatic hydroxyl groups is 1. The van der Waals surface area contributed by atoms with Crippen LogP contribution in [0.4, 0.5) is 0 Å². The number of carbonyl (C=O) groups is 3. The van der Waals surface area contributed by atoms with Gasteiger partial charge in [-0.15, -0.1) is 0 Å². The third kappa shape index (κ3) is 10.8. The number of ether oxygens (including phenoxy) is 1. The second kappa shape index (κ2) is 16.3. The van der Waals surface area contributed by atoms with Gasteiger partial charge in [-0.2, -0.15) is 0 Å². The molecule has 0 saturated carbocycles.